The minimum Gasteiger partial charge on any atom is -0.359 e. The van der Waals surface area contributed by atoms with E-state index in [2.05, 4.69) is 18.2 Å². The number of hydrogen-bond donors (Lipinski definition) is 0. The van der Waals surface area contributed by atoms with Crippen molar-refractivity contribution in [3.8, 4) is 6.07 Å². The fourth-order valence-electron chi connectivity index (χ4n) is 2.09. The highest BCUT2D eigenvalue weighted by molar-refractivity contribution is 5.15. The van der Waals surface area contributed by atoms with Crippen molar-refractivity contribution in [1.82, 2.24) is 0 Å². The van der Waals surface area contributed by atoms with Crippen LogP contribution in [0.4, 0.5) is 0 Å². The number of nitriles is 1. The molecule has 0 fully saturated rings. The molecular formula is C18H19NO. The van der Waals surface area contributed by atoms with Crippen LogP contribution >= 0.6 is 0 Å². The molecule has 1 atom stereocenters. The second-order valence-electron chi connectivity index (χ2n) is 4.79. The minimum atomic E-state index is -0.320. The Bertz CT molecular complexity index is 530. The molecule has 2 heteroatoms. The third kappa shape index (κ3) is 4.87. The molecule has 2 aromatic rings. The molecule has 20 heavy (non-hydrogen) atoms. The highest BCUT2D eigenvalue weighted by Crippen LogP contribution is 2.10. The predicted molar refractivity (Wildman–Crippen MR) is 80.0 cm³/mol. The SMILES string of the molecule is N#CC(CCCc1ccccc1)OCc1ccccc1. The summed E-state index contributed by atoms with van der Waals surface area (Å²) in [7, 11) is 0. The quantitative estimate of drug-likeness (QED) is 0.754. The lowest BCUT2D eigenvalue weighted by molar-refractivity contribution is 0.0701. The van der Waals surface area contributed by atoms with Gasteiger partial charge >= 0.3 is 0 Å². The van der Waals surface area contributed by atoms with Crippen LogP contribution in [-0.2, 0) is 17.8 Å². The molecule has 0 bridgehead atoms. The van der Waals surface area contributed by atoms with Crippen molar-refractivity contribution >= 4 is 0 Å². The van der Waals surface area contributed by atoms with Crippen molar-refractivity contribution < 1.29 is 4.74 Å². The summed E-state index contributed by atoms with van der Waals surface area (Å²) in [6.45, 7) is 0.504. The second-order valence-corrected chi connectivity index (χ2v) is 4.79. The van der Waals surface area contributed by atoms with Crippen molar-refractivity contribution in [2.24, 2.45) is 0 Å². The highest BCUT2D eigenvalue weighted by atomic mass is 16.5. The molecule has 0 N–H and O–H groups in total. The van der Waals surface area contributed by atoms with Crippen LogP contribution in [0, 0.1) is 11.3 Å². The van der Waals surface area contributed by atoms with Crippen molar-refractivity contribution in [2.45, 2.75) is 32.0 Å². The summed E-state index contributed by atoms with van der Waals surface area (Å²) in [5.41, 5.74) is 2.42. The van der Waals surface area contributed by atoms with Gasteiger partial charge < -0.3 is 4.74 Å². The molecule has 0 heterocycles. The molecule has 0 saturated carbocycles. The van der Waals surface area contributed by atoms with E-state index in [0.29, 0.717) is 6.61 Å². The molecule has 0 aliphatic carbocycles. The Hall–Kier alpha value is -2.11. The van der Waals surface area contributed by atoms with E-state index in [0.717, 1.165) is 24.8 Å². The molecule has 2 rings (SSSR count). The highest BCUT2D eigenvalue weighted by Gasteiger charge is 2.07. The fourth-order valence-corrected chi connectivity index (χ4v) is 2.09. The van der Waals surface area contributed by atoms with E-state index in [1.165, 1.54) is 5.56 Å². The van der Waals surface area contributed by atoms with Crippen LogP contribution in [0.2, 0.25) is 0 Å². The van der Waals surface area contributed by atoms with Gasteiger partial charge in [-0.2, -0.15) is 5.26 Å². The maximum atomic E-state index is 9.13. The maximum absolute atomic E-state index is 9.13. The summed E-state index contributed by atoms with van der Waals surface area (Å²) in [4.78, 5) is 0. The van der Waals surface area contributed by atoms with Crippen molar-refractivity contribution in [3.05, 3.63) is 71.8 Å². The molecule has 0 aliphatic rings. The Kier molecular flexibility index (Phi) is 5.82. The first-order valence-electron chi connectivity index (χ1n) is 6.97. The van der Waals surface area contributed by atoms with Gasteiger partial charge in [0.05, 0.1) is 12.7 Å². The molecule has 0 aliphatic heterocycles. The van der Waals surface area contributed by atoms with Crippen LogP contribution in [0.5, 0.6) is 0 Å². The summed E-state index contributed by atoms with van der Waals surface area (Å²) < 4.78 is 5.65. The maximum Gasteiger partial charge on any atom is 0.144 e. The minimum absolute atomic E-state index is 0.320. The normalized spacial score (nSPS) is 11.8. The van der Waals surface area contributed by atoms with E-state index >= 15 is 0 Å². The van der Waals surface area contributed by atoms with Gasteiger partial charge in [0.2, 0.25) is 0 Å². The molecule has 0 saturated heterocycles. The van der Waals surface area contributed by atoms with Gasteiger partial charge in [-0.05, 0) is 30.4 Å². The van der Waals surface area contributed by atoms with E-state index in [9.17, 15) is 0 Å². The summed E-state index contributed by atoms with van der Waals surface area (Å²) in [5, 5.41) is 9.13. The average molecular weight is 265 g/mol. The van der Waals surface area contributed by atoms with Gasteiger partial charge in [-0.25, -0.2) is 0 Å². The molecule has 2 nitrogen and oxygen atoms in total. The van der Waals surface area contributed by atoms with E-state index in [1.54, 1.807) is 0 Å². The predicted octanol–water partition coefficient (Wildman–Crippen LogP) is 4.12. The van der Waals surface area contributed by atoms with Crippen LogP contribution in [0.25, 0.3) is 0 Å². The number of nitrogens with zero attached hydrogens (tertiary/aromatic N) is 1. The van der Waals surface area contributed by atoms with Crippen molar-refractivity contribution in [1.29, 1.82) is 5.26 Å². The molecule has 0 aromatic heterocycles. The Morgan fingerprint density at radius 1 is 0.900 bits per heavy atom. The van der Waals surface area contributed by atoms with Crippen molar-refractivity contribution in [3.63, 3.8) is 0 Å². The summed E-state index contributed by atoms with van der Waals surface area (Å²) >= 11 is 0. The molecule has 0 radical (unpaired) electrons. The van der Waals surface area contributed by atoms with Gasteiger partial charge in [0.1, 0.15) is 6.10 Å². The molecule has 2 aromatic carbocycles. The number of rotatable bonds is 7. The third-order valence-corrected chi connectivity index (χ3v) is 3.21. The second kappa shape index (κ2) is 8.14. The summed E-state index contributed by atoms with van der Waals surface area (Å²) in [5.74, 6) is 0. The Morgan fingerprint density at radius 3 is 2.10 bits per heavy atom. The zero-order chi connectivity index (χ0) is 14.0. The van der Waals surface area contributed by atoms with Gasteiger partial charge in [-0.1, -0.05) is 60.7 Å². The first-order valence-corrected chi connectivity index (χ1v) is 6.97. The van der Waals surface area contributed by atoms with Crippen LogP contribution in [-0.4, -0.2) is 6.10 Å². The number of ether oxygens (including phenoxy) is 1. The van der Waals surface area contributed by atoms with Crippen LogP contribution in [0.15, 0.2) is 60.7 Å². The van der Waals surface area contributed by atoms with E-state index in [1.807, 2.05) is 48.5 Å². The Morgan fingerprint density at radius 2 is 1.50 bits per heavy atom. The van der Waals surface area contributed by atoms with Crippen molar-refractivity contribution in [2.75, 3.05) is 0 Å². The Balaban J connectivity index is 1.72. The molecular weight excluding hydrogens is 246 g/mol. The molecule has 1 unspecified atom stereocenters. The van der Waals surface area contributed by atoms with Gasteiger partial charge in [0, 0.05) is 0 Å². The van der Waals surface area contributed by atoms with E-state index in [-0.39, 0.29) is 6.10 Å². The molecule has 102 valence electrons. The topological polar surface area (TPSA) is 33.0 Å². The largest absolute Gasteiger partial charge is 0.359 e. The monoisotopic (exact) mass is 265 g/mol. The van der Waals surface area contributed by atoms with Gasteiger partial charge in [0.25, 0.3) is 0 Å². The smallest absolute Gasteiger partial charge is 0.144 e. The summed E-state index contributed by atoms with van der Waals surface area (Å²) in [6.07, 6.45) is 2.42. The van der Waals surface area contributed by atoms with Crippen LogP contribution in [0.1, 0.15) is 24.0 Å². The zero-order valence-electron chi connectivity index (χ0n) is 11.5. The standard InChI is InChI=1S/C18H19NO/c19-14-18(20-15-17-10-5-2-6-11-17)13-7-12-16-8-3-1-4-9-16/h1-6,8-11,18H,7,12-13,15H2. The van der Waals surface area contributed by atoms with Crippen LogP contribution < -0.4 is 0 Å². The lowest BCUT2D eigenvalue weighted by atomic mass is 10.1. The van der Waals surface area contributed by atoms with Crippen LogP contribution in [0.3, 0.4) is 0 Å². The first-order chi connectivity index (χ1) is 9.88. The summed E-state index contributed by atoms with van der Waals surface area (Å²) in [6, 6.07) is 22.5. The van der Waals surface area contributed by atoms with E-state index in [4.69, 9.17) is 10.00 Å². The number of aryl methyl sites for hydroxylation is 1. The molecule has 0 amide bonds. The van der Waals surface area contributed by atoms with Gasteiger partial charge in [0.15, 0.2) is 0 Å². The number of hydrogen-bond acceptors (Lipinski definition) is 2. The first kappa shape index (κ1) is 14.3. The van der Waals surface area contributed by atoms with E-state index < -0.39 is 0 Å². The fraction of sp³-hybridized carbons (Fsp3) is 0.278. The number of benzene rings is 2. The Labute approximate surface area is 120 Å². The van der Waals surface area contributed by atoms with Gasteiger partial charge in [-0.3, -0.25) is 0 Å². The average Bonchev–Trinajstić information content (AvgIpc) is 2.52. The zero-order valence-corrected chi connectivity index (χ0v) is 11.5. The lowest BCUT2D eigenvalue weighted by Gasteiger charge is -2.10. The third-order valence-electron chi connectivity index (χ3n) is 3.21. The lowest BCUT2D eigenvalue weighted by Crippen LogP contribution is -2.10. The molecule has 0 spiro atoms. The van der Waals surface area contributed by atoms with Gasteiger partial charge in [-0.15, -0.1) is 0 Å².